The zero-order valence-electron chi connectivity index (χ0n) is 13.1. The smallest absolute Gasteiger partial charge is 0.243 e. The van der Waals surface area contributed by atoms with Crippen molar-refractivity contribution in [3.05, 3.63) is 48.4 Å². The first-order chi connectivity index (χ1) is 11.4. The predicted molar refractivity (Wildman–Crippen MR) is 87.3 cm³/mol. The lowest BCUT2D eigenvalue weighted by Crippen LogP contribution is -2.31. The molecule has 1 aromatic heterocycles. The fourth-order valence-electron chi connectivity index (χ4n) is 2.10. The van der Waals surface area contributed by atoms with Gasteiger partial charge in [0.25, 0.3) is 0 Å². The zero-order valence-corrected chi connectivity index (χ0v) is 13.9. The maximum Gasteiger partial charge on any atom is 0.243 e. The second-order valence-electron chi connectivity index (χ2n) is 5.03. The average Bonchev–Trinajstić information content (AvgIpc) is 3.04. The highest BCUT2D eigenvalue weighted by Crippen LogP contribution is 2.21. The Morgan fingerprint density at radius 1 is 1.29 bits per heavy atom. The predicted octanol–water partition coefficient (Wildman–Crippen LogP) is 2.34. The number of carbonyl (C=O) groups excluding carboxylic acids is 1. The van der Waals surface area contributed by atoms with Crippen LogP contribution in [0.1, 0.15) is 19.1 Å². The maximum atomic E-state index is 12.8. The third kappa shape index (κ3) is 4.44. The lowest BCUT2D eigenvalue weighted by atomic mass is 10.3. The molecule has 0 atom stereocenters. The van der Waals surface area contributed by atoms with E-state index in [1.807, 2.05) is 6.07 Å². The van der Waals surface area contributed by atoms with Crippen LogP contribution in [0.4, 0.5) is 5.69 Å². The Kier molecular flexibility index (Phi) is 5.73. The zero-order chi connectivity index (χ0) is 17.6. The monoisotopic (exact) mass is 347 g/mol. The van der Waals surface area contributed by atoms with Crippen LogP contribution in [0, 0.1) is 11.3 Å². The largest absolute Gasteiger partial charge is 0.468 e. The van der Waals surface area contributed by atoms with Gasteiger partial charge in [-0.05, 0) is 36.4 Å². The number of hydrogen-bond acceptors (Lipinski definition) is 5. The fraction of sp³-hybridized carbons (Fsp3) is 0.250. The number of carbonyl (C=O) groups is 1. The van der Waals surface area contributed by atoms with E-state index in [1.165, 1.54) is 41.8 Å². The second-order valence-corrected chi connectivity index (χ2v) is 6.97. The number of benzene rings is 1. The molecule has 0 bridgehead atoms. The summed E-state index contributed by atoms with van der Waals surface area (Å²) >= 11 is 0. The number of rotatable bonds is 7. The van der Waals surface area contributed by atoms with Gasteiger partial charge in [0.2, 0.25) is 15.9 Å². The normalized spacial score (nSPS) is 11.2. The Balaban J connectivity index is 2.25. The molecule has 0 radical (unpaired) electrons. The van der Waals surface area contributed by atoms with Gasteiger partial charge in [-0.15, -0.1) is 0 Å². The van der Waals surface area contributed by atoms with Crippen molar-refractivity contribution in [2.24, 2.45) is 0 Å². The van der Waals surface area contributed by atoms with Crippen molar-refractivity contribution in [2.45, 2.75) is 24.8 Å². The summed E-state index contributed by atoms with van der Waals surface area (Å²) in [6.07, 6.45) is 1.54. The Labute approximate surface area is 140 Å². The van der Waals surface area contributed by atoms with E-state index in [4.69, 9.17) is 9.68 Å². The highest BCUT2D eigenvalue weighted by molar-refractivity contribution is 7.89. The molecule has 0 saturated carbocycles. The molecule has 7 nitrogen and oxygen atoms in total. The Morgan fingerprint density at radius 2 is 2.00 bits per heavy atom. The lowest BCUT2D eigenvalue weighted by molar-refractivity contribution is -0.114. The molecular formula is C16H17N3O4S. The Bertz CT molecular complexity index is 821. The number of sulfonamides is 1. The summed E-state index contributed by atoms with van der Waals surface area (Å²) in [5.41, 5.74) is 0.510. The lowest BCUT2D eigenvalue weighted by Gasteiger charge is -2.20. The van der Waals surface area contributed by atoms with Gasteiger partial charge >= 0.3 is 0 Å². The van der Waals surface area contributed by atoms with Gasteiger partial charge in [0.1, 0.15) is 5.76 Å². The molecule has 2 aromatic rings. The van der Waals surface area contributed by atoms with E-state index in [1.54, 1.807) is 12.1 Å². The first-order valence-corrected chi connectivity index (χ1v) is 8.64. The van der Waals surface area contributed by atoms with Gasteiger partial charge in [0, 0.05) is 25.6 Å². The van der Waals surface area contributed by atoms with E-state index >= 15 is 0 Å². The van der Waals surface area contributed by atoms with E-state index in [0.717, 1.165) is 0 Å². The van der Waals surface area contributed by atoms with Crippen LogP contribution < -0.4 is 5.32 Å². The van der Waals surface area contributed by atoms with Crippen LogP contribution in [0.2, 0.25) is 0 Å². The summed E-state index contributed by atoms with van der Waals surface area (Å²) < 4.78 is 32.0. The minimum absolute atomic E-state index is 0.0461. The van der Waals surface area contributed by atoms with Crippen molar-refractivity contribution >= 4 is 21.6 Å². The molecule has 1 amide bonds. The van der Waals surface area contributed by atoms with Crippen LogP contribution in [-0.4, -0.2) is 25.2 Å². The summed E-state index contributed by atoms with van der Waals surface area (Å²) in [6.45, 7) is 1.48. The van der Waals surface area contributed by atoms with E-state index in [2.05, 4.69) is 5.32 Å². The summed E-state index contributed by atoms with van der Waals surface area (Å²) in [6, 6.07) is 11.2. The summed E-state index contributed by atoms with van der Waals surface area (Å²) in [5.74, 6) is 0.255. The SMILES string of the molecule is CC(=O)Nc1ccc(S(=O)(=O)N(CCC#N)Cc2ccco2)cc1. The van der Waals surface area contributed by atoms with E-state index in [0.29, 0.717) is 11.4 Å². The van der Waals surface area contributed by atoms with Crippen LogP contribution in [-0.2, 0) is 21.4 Å². The van der Waals surface area contributed by atoms with E-state index < -0.39 is 10.0 Å². The quantitative estimate of drug-likeness (QED) is 0.828. The van der Waals surface area contributed by atoms with Crippen LogP contribution in [0.25, 0.3) is 0 Å². The molecule has 0 saturated heterocycles. The number of anilines is 1. The molecular weight excluding hydrogens is 330 g/mol. The Hall–Kier alpha value is -2.63. The van der Waals surface area contributed by atoms with Gasteiger partial charge < -0.3 is 9.73 Å². The molecule has 126 valence electrons. The minimum Gasteiger partial charge on any atom is -0.468 e. The molecule has 1 N–H and O–H groups in total. The van der Waals surface area contributed by atoms with Crippen LogP contribution >= 0.6 is 0 Å². The molecule has 0 spiro atoms. The number of nitriles is 1. The molecule has 8 heteroatoms. The summed E-state index contributed by atoms with van der Waals surface area (Å²) in [5, 5.41) is 11.3. The molecule has 1 heterocycles. The third-order valence-corrected chi connectivity index (χ3v) is 5.06. The van der Waals surface area contributed by atoms with Gasteiger partial charge in [-0.2, -0.15) is 9.57 Å². The van der Waals surface area contributed by atoms with Crippen molar-refractivity contribution in [1.29, 1.82) is 5.26 Å². The average molecular weight is 347 g/mol. The molecule has 0 unspecified atom stereocenters. The van der Waals surface area contributed by atoms with Crippen LogP contribution in [0.5, 0.6) is 0 Å². The van der Waals surface area contributed by atoms with Crippen LogP contribution in [0.3, 0.4) is 0 Å². The highest BCUT2D eigenvalue weighted by Gasteiger charge is 2.25. The molecule has 2 rings (SSSR count). The van der Waals surface area contributed by atoms with Crippen molar-refractivity contribution in [3.63, 3.8) is 0 Å². The van der Waals surface area contributed by atoms with Crippen LogP contribution in [0.15, 0.2) is 52.0 Å². The highest BCUT2D eigenvalue weighted by atomic mass is 32.2. The van der Waals surface area contributed by atoms with Crippen molar-refractivity contribution in [1.82, 2.24) is 4.31 Å². The maximum absolute atomic E-state index is 12.8. The molecule has 0 aliphatic carbocycles. The number of hydrogen-bond donors (Lipinski definition) is 1. The van der Waals surface area contributed by atoms with Gasteiger partial charge in [0.15, 0.2) is 0 Å². The number of nitrogens with zero attached hydrogens (tertiary/aromatic N) is 2. The summed E-state index contributed by atoms with van der Waals surface area (Å²) in [4.78, 5) is 11.1. The standard InChI is InChI=1S/C16H17N3O4S/c1-13(20)18-14-5-7-16(8-6-14)24(21,22)19(10-3-9-17)12-15-4-2-11-23-15/h2,4-8,11H,3,10,12H2,1H3,(H,18,20). The number of furan rings is 1. The Morgan fingerprint density at radius 3 is 2.54 bits per heavy atom. The number of amides is 1. The molecule has 24 heavy (non-hydrogen) atoms. The van der Waals surface area contributed by atoms with Crippen molar-refractivity contribution < 1.29 is 17.6 Å². The molecule has 0 fully saturated rings. The number of nitrogens with one attached hydrogen (secondary N) is 1. The fourth-order valence-corrected chi connectivity index (χ4v) is 3.50. The van der Waals surface area contributed by atoms with E-state index in [9.17, 15) is 13.2 Å². The van der Waals surface area contributed by atoms with E-state index in [-0.39, 0.29) is 30.3 Å². The third-order valence-electron chi connectivity index (χ3n) is 3.20. The van der Waals surface area contributed by atoms with Gasteiger partial charge in [-0.25, -0.2) is 8.42 Å². The van der Waals surface area contributed by atoms with Crippen molar-refractivity contribution in [2.75, 3.05) is 11.9 Å². The first-order valence-electron chi connectivity index (χ1n) is 7.20. The molecule has 1 aromatic carbocycles. The van der Waals surface area contributed by atoms with Crippen molar-refractivity contribution in [3.8, 4) is 6.07 Å². The van der Waals surface area contributed by atoms with Gasteiger partial charge in [-0.1, -0.05) is 0 Å². The topological polar surface area (TPSA) is 103 Å². The van der Waals surface area contributed by atoms with Gasteiger partial charge in [-0.3, -0.25) is 4.79 Å². The van der Waals surface area contributed by atoms with Gasteiger partial charge in [0.05, 0.1) is 23.8 Å². The minimum atomic E-state index is -3.79. The second kappa shape index (κ2) is 7.77. The molecule has 0 aliphatic heterocycles. The molecule has 0 aliphatic rings. The first kappa shape index (κ1) is 17.7. The summed E-state index contributed by atoms with van der Waals surface area (Å²) in [7, 11) is -3.79.